The van der Waals surface area contributed by atoms with E-state index in [2.05, 4.69) is 15.3 Å². The minimum Gasteiger partial charge on any atom is -0.364 e. The Bertz CT molecular complexity index is 635. The van der Waals surface area contributed by atoms with Gasteiger partial charge in [0.15, 0.2) is 0 Å². The molecule has 0 saturated carbocycles. The Hall–Kier alpha value is -2.14. The largest absolute Gasteiger partial charge is 0.364 e. The molecule has 108 valence electrons. The second-order valence-electron chi connectivity index (χ2n) is 4.93. The SMILES string of the molecule is O=C(c1ccccn1)N1CCC(Nc2ncccc2Cl)C1. The highest BCUT2D eigenvalue weighted by molar-refractivity contribution is 6.32. The summed E-state index contributed by atoms with van der Waals surface area (Å²) in [4.78, 5) is 22.4. The molecule has 1 aliphatic rings. The highest BCUT2D eigenvalue weighted by atomic mass is 35.5. The van der Waals surface area contributed by atoms with Crippen molar-refractivity contribution in [2.75, 3.05) is 18.4 Å². The lowest BCUT2D eigenvalue weighted by atomic mass is 10.2. The van der Waals surface area contributed by atoms with Crippen molar-refractivity contribution < 1.29 is 4.79 Å². The predicted molar refractivity (Wildman–Crippen MR) is 81.4 cm³/mol. The molecule has 5 nitrogen and oxygen atoms in total. The Kier molecular flexibility index (Phi) is 4.01. The highest BCUT2D eigenvalue weighted by Crippen LogP contribution is 2.21. The first-order chi connectivity index (χ1) is 10.2. The Balaban J connectivity index is 1.63. The first-order valence-corrected chi connectivity index (χ1v) is 7.19. The van der Waals surface area contributed by atoms with Crippen molar-refractivity contribution in [3.8, 4) is 0 Å². The maximum Gasteiger partial charge on any atom is 0.272 e. The van der Waals surface area contributed by atoms with Crippen LogP contribution in [0.5, 0.6) is 0 Å². The Morgan fingerprint density at radius 3 is 2.86 bits per heavy atom. The van der Waals surface area contributed by atoms with Gasteiger partial charge >= 0.3 is 0 Å². The average Bonchev–Trinajstić information content (AvgIpc) is 2.98. The van der Waals surface area contributed by atoms with E-state index in [0.29, 0.717) is 29.6 Å². The van der Waals surface area contributed by atoms with Crippen molar-refractivity contribution in [3.63, 3.8) is 0 Å². The van der Waals surface area contributed by atoms with Gasteiger partial charge in [-0.3, -0.25) is 9.78 Å². The average molecular weight is 303 g/mol. The molecular weight excluding hydrogens is 288 g/mol. The predicted octanol–water partition coefficient (Wildman–Crippen LogP) is 2.46. The number of hydrogen-bond acceptors (Lipinski definition) is 4. The molecule has 3 rings (SSSR count). The summed E-state index contributed by atoms with van der Waals surface area (Å²) in [5, 5.41) is 3.88. The van der Waals surface area contributed by atoms with Crippen molar-refractivity contribution in [2.45, 2.75) is 12.5 Å². The quantitative estimate of drug-likeness (QED) is 0.946. The summed E-state index contributed by atoms with van der Waals surface area (Å²) in [6.45, 7) is 1.33. The summed E-state index contributed by atoms with van der Waals surface area (Å²) in [7, 11) is 0. The minimum atomic E-state index is -0.0352. The van der Waals surface area contributed by atoms with Gasteiger partial charge in [-0.05, 0) is 30.7 Å². The number of halogens is 1. The van der Waals surface area contributed by atoms with Gasteiger partial charge in [-0.1, -0.05) is 17.7 Å². The number of likely N-dealkylation sites (tertiary alicyclic amines) is 1. The molecule has 2 aromatic rings. The Morgan fingerprint density at radius 1 is 1.24 bits per heavy atom. The normalized spacial score (nSPS) is 17.8. The summed E-state index contributed by atoms with van der Waals surface area (Å²) >= 11 is 6.08. The van der Waals surface area contributed by atoms with E-state index in [1.54, 1.807) is 41.6 Å². The van der Waals surface area contributed by atoms with E-state index in [1.807, 2.05) is 6.07 Å². The van der Waals surface area contributed by atoms with Crippen LogP contribution in [0.2, 0.25) is 5.02 Å². The molecule has 1 N–H and O–H groups in total. The van der Waals surface area contributed by atoms with E-state index >= 15 is 0 Å². The van der Waals surface area contributed by atoms with Gasteiger partial charge in [-0.2, -0.15) is 0 Å². The smallest absolute Gasteiger partial charge is 0.272 e. The van der Waals surface area contributed by atoms with Gasteiger partial charge in [0.25, 0.3) is 5.91 Å². The fourth-order valence-electron chi connectivity index (χ4n) is 2.40. The van der Waals surface area contributed by atoms with Gasteiger partial charge in [-0.15, -0.1) is 0 Å². The Labute approximate surface area is 128 Å². The monoisotopic (exact) mass is 302 g/mol. The summed E-state index contributed by atoms with van der Waals surface area (Å²) in [6, 6.07) is 9.10. The van der Waals surface area contributed by atoms with E-state index < -0.39 is 0 Å². The molecule has 1 fully saturated rings. The topological polar surface area (TPSA) is 58.1 Å². The molecule has 3 heterocycles. The number of carbonyl (C=O) groups excluding carboxylic acids is 1. The lowest BCUT2D eigenvalue weighted by Crippen LogP contribution is -2.32. The third kappa shape index (κ3) is 3.13. The minimum absolute atomic E-state index is 0.0352. The van der Waals surface area contributed by atoms with Crippen LogP contribution < -0.4 is 5.32 Å². The van der Waals surface area contributed by atoms with Gasteiger partial charge in [0.2, 0.25) is 0 Å². The van der Waals surface area contributed by atoms with Crippen LogP contribution in [0.25, 0.3) is 0 Å². The van der Waals surface area contributed by atoms with Crippen molar-refractivity contribution in [3.05, 3.63) is 53.4 Å². The van der Waals surface area contributed by atoms with Crippen molar-refractivity contribution in [1.29, 1.82) is 0 Å². The van der Waals surface area contributed by atoms with Gasteiger partial charge < -0.3 is 10.2 Å². The molecule has 6 heteroatoms. The zero-order chi connectivity index (χ0) is 14.7. The second-order valence-corrected chi connectivity index (χ2v) is 5.34. The number of aromatic nitrogens is 2. The molecule has 21 heavy (non-hydrogen) atoms. The third-order valence-corrected chi connectivity index (χ3v) is 3.76. The molecule has 0 aliphatic carbocycles. The van der Waals surface area contributed by atoms with Crippen molar-refractivity contribution in [2.24, 2.45) is 0 Å². The van der Waals surface area contributed by atoms with Crippen LogP contribution in [0.3, 0.4) is 0 Å². The van der Waals surface area contributed by atoms with E-state index in [4.69, 9.17) is 11.6 Å². The number of carbonyl (C=O) groups is 1. The van der Waals surface area contributed by atoms with E-state index in [0.717, 1.165) is 6.42 Å². The molecule has 2 aromatic heterocycles. The molecule has 0 radical (unpaired) electrons. The Morgan fingerprint density at radius 2 is 2.10 bits per heavy atom. The maximum absolute atomic E-state index is 12.3. The summed E-state index contributed by atoms with van der Waals surface area (Å²) in [6.07, 6.45) is 4.19. The molecule has 1 unspecified atom stereocenters. The van der Waals surface area contributed by atoms with Crippen molar-refractivity contribution >= 4 is 23.3 Å². The van der Waals surface area contributed by atoms with Gasteiger partial charge in [0.05, 0.1) is 5.02 Å². The molecule has 0 bridgehead atoms. The van der Waals surface area contributed by atoms with Gasteiger partial charge in [0, 0.05) is 31.5 Å². The lowest BCUT2D eigenvalue weighted by molar-refractivity contribution is 0.0786. The second kappa shape index (κ2) is 6.10. The zero-order valence-corrected chi connectivity index (χ0v) is 12.1. The van der Waals surface area contributed by atoms with E-state index in [-0.39, 0.29) is 11.9 Å². The fraction of sp³-hybridized carbons (Fsp3) is 0.267. The standard InChI is InChI=1S/C15H15ClN4O/c16-12-4-3-8-18-14(12)19-11-6-9-20(10-11)15(21)13-5-1-2-7-17-13/h1-5,7-8,11H,6,9-10H2,(H,18,19). The number of nitrogens with one attached hydrogen (secondary N) is 1. The first-order valence-electron chi connectivity index (χ1n) is 6.81. The van der Waals surface area contributed by atoms with Crippen LogP contribution in [0.1, 0.15) is 16.9 Å². The number of rotatable bonds is 3. The zero-order valence-electron chi connectivity index (χ0n) is 11.4. The summed E-state index contributed by atoms with van der Waals surface area (Å²) < 4.78 is 0. The lowest BCUT2D eigenvalue weighted by Gasteiger charge is -2.17. The number of hydrogen-bond donors (Lipinski definition) is 1. The molecule has 0 aromatic carbocycles. The number of pyridine rings is 2. The molecular formula is C15H15ClN4O. The van der Waals surface area contributed by atoms with Crippen LogP contribution in [0, 0.1) is 0 Å². The number of amides is 1. The summed E-state index contributed by atoms with van der Waals surface area (Å²) in [5.74, 6) is 0.628. The molecule has 0 spiro atoms. The third-order valence-electron chi connectivity index (χ3n) is 3.46. The fourth-order valence-corrected chi connectivity index (χ4v) is 2.58. The molecule has 1 atom stereocenters. The molecule has 1 saturated heterocycles. The van der Waals surface area contributed by atoms with Crippen LogP contribution in [-0.2, 0) is 0 Å². The first kappa shape index (κ1) is 13.8. The summed E-state index contributed by atoms with van der Waals surface area (Å²) in [5.41, 5.74) is 0.481. The van der Waals surface area contributed by atoms with Crippen LogP contribution in [0.4, 0.5) is 5.82 Å². The molecule has 1 amide bonds. The van der Waals surface area contributed by atoms with Crippen LogP contribution in [0.15, 0.2) is 42.7 Å². The van der Waals surface area contributed by atoms with Crippen LogP contribution in [-0.4, -0.2) is 39.9 Å². The number of nitrogens with zero attached hydrogens (tertiary/aromatic N) is 3. The maximum atomic E-state index is 12.3. The van der Waals surface area contributed by atoms with Crippen molar-refractivity contribution in [1.82, 2.24) is 14.9 Å². The van der Waals surface area contributed by atoms with Gasteiger partial charge in [-0.25, -0.2) is 4.98 Å². The number of anilines is 1. The van der Waals surface area contributed by atoms with E-state index in [1.165, 1.54) is 0 Å². The van der Waals surface area contributed by atoms with Crippen LogP contribution >= 0.6 is 11.6 Å². The van der Waals surface area contributed by atoms with E-state index in [9.17, 15) is 4.79 Å². The molecule has 1 aliphatic heterocycles. The van der Waals surface area contributed by atoms with Gasteiger partial charge in [0.1, 0.15) is 11.5 Å². The highest BCUT2D eigenvalue weighted by Gasteiger charge is 2.27.